The lowest BCUT2D eigenvalue weighted by atomic mass is 9.95. The summed E-state index contributed by atoms with van der Waals surface area (Å²) >= 11 is 0. The summed E-state index contributed by atoms with van der Waals surface area (Å²) in [4.78, 5) is 9.25. The van der Waals surface area contributed by atoms with Crippen LogP contribution in [0.2, 0.25) is 0 Å². The Labute approximate surface area is 159 Å². The van der Waals surface area contributed by atoms with E-state index < -0.39 is 5.79 Å². The molecule has 0 amide bonds. The summed E-state index contributed by atoms with van der Waals surface area (Å²) in [5, 5.41) is 1.12. The molecule has 0 radical (unpaired) electrons. The summed E-state index contributed by atoms with van der Waals surface area (Å²) in [6.07, 6.45) is 4.73. The Balaban J connectivity index is 1.71. The number of para-hydroxylation sites is 1. The highest BCUT2D eigenvalue weighted by Crippen LogP contribution is 2.33. The third kappa shape index (κ3) is 3.28. The Kier molecular flexibility index (Phi) is 4.78. The van der Waals surface area contributed by atoms with E-state index in [0.717, 1.165) is 47.7 Å². The fourth-order valence-corrected chi connectivity index (χ4v) is 3.96. The van der Waals surface area contributed by atoms with Gasteiger partial charge in [-0.05, 0) is 31.2 Å². The number of imidazole rings is 1. The molecule has 1 fully saturated rings. The number of rotatable bonds is 6. The van der Waals surface area contributed by atoms with Gasteiger partial charge in [0.2, 0.25) is 0 Å². The second kappa shape index (κ2) is 7.09. The zero-order valence-corrected chi connectivity index (χ0v) is 16.4. The third-order valence-electron chi connectivity index (χ3n) is 5.71. The van der Waals surface area contributed by atoms with Gasteiger partial charge in [-0.3, -0.25) is 0 Å². The van der Waals surface area contributed by atoms with Gasteiger partial charge in [-0.1, -0.05) is 32.0 Å². The summed E-state index contributed by atoms with van der Waals surface area (Å²) in [5.74, 6) is 0.482. The van der Waals surface area contributed by atoms with Crippen LogP contribution in [0.3, 0.4) is 0 Å². The Bertz CT molecular complexity index is 960. The van der Waals surface area contributed by atoms with E-state index in [9.17, 15) is 0 Å². The van der Waals surface area contributed by atoms with Gasteiger partial charge < -0.3 is 19.8 Å². The lowest BCUT2D eigenvalue weighted by Gasteiger charge is -2.22. The maximum absolute atomic E-state index is 6.27. The van der Waals surface area contributed by atoms with Crippen LogP contribution in [-0.2, 0) is 16.0 Å². The molecule has 6 heteroatoms. The molecule has 1 unspecified atom stereocenters. The van der Waals surface area contributed by atoms with Crippen LogP contribution in [0.5, 0.6) is 0 Å². The third-order valence-corrected chi connectivity index (χ3v) is 5.71. The molecule has 6 nitrogen and oxygen atoms in total. The molecular formula is C21H28N4O2. The molecule has 144 valence electrons. The number of anilines is 1. The minimum atomic E-state index is -0.456. The molecule has 1 aliphatic heterocycles. The van der Waals surface area contributed by atoms with Crippen molar-refractivity contribution in [1.82, 2.24) is 14.5 Å². The van der Waals surface area contributed by atoms with E-state index in [0.29, 0.717) is 24.9 Å². The van der Waals surface area contributed by atoms with Crippen molar-refractivity contribution in [1.29, 1.82) is 0 Å². The molecule has 0 saturated carbocycles. The first kappa shape index (κ1) is 18.2. The molecular weight excluding hydrogens is 340 g/mol. The molecule has 1 saturated heterocycles. The summed E-state index contributed by atoms with van der Waals surface area (Å²) < 4.78 is 13.6. The molecule has 1 aliphatic rings. The molecule has 4 rings (SSSR count). The van der Waals surface area contributed by atoms with Crippen molar-refractivity contribution in [3.63, 3.8) is 0 Å². The van der Waals surface area contributed by atoms with E-state index >= 15 is 0 Å². The monoisotopic (exact) mass is 368 g/mol. The SMILES string of the molecule is CCC(C)c1cccc2c1nc(N)c1ncn(CCCC3(C)OCCO3)c12. The first-order chi connectivity index (χ1) is 13.0. The Hall–Kier alpha value is -2.18. The molecule has 0 bridgehead atoms. The van der Waals surface area contributed by atoms with Gasteiger partial charge in [0.1, 0.15) is 5.52 Å². The van der Waals surface area contributed by atoms with E-state index in [1.807, 2.05) is 13.3 Å². The van der Waals surface area contributed by atoms with E-state index in [-0.39, 0.29) is 0 Å². The highest BCUT2D eigenvalue weighted by molar-refractivity contribution is 6.07. The number of ether oxygens (including phenoxy) is 2. The minimum absolute atomic E-state index is 0.436. The van der Waals surface area contributed by atoms with Gasteiger partial charge in [0.15, 0.2) is 11.6 Å². The number of benzene rings is 1. The van der Waals surface area contributed by atoms with Crippen molar-refractivity contribution in [2.45, 2.75) is 58.3 Å². The van der Waals surface area contributed by atoms with Crippen LogP contribution >= 0.6 is 0 Å². The van der Waals surface area contributed by atoms with Crippen LogP contribution in [0.1, 0.15) is 51.5 Å². The maximum Gasteiger partial charge on any atom is 0.165 e. The summed E-state index contributed by atoms with van der Waals surface area (Å²) in [6.45, 7) is 8.64. The molecule has 3 heterocycles. The van der Waals surface area contributed by atoms with E-state index in [2.05, 4.69) is 41.6 Å². The first-order valence-electron chi connectivity index (χ1n) is 9.83. The second-order valence-electron chi connectivity index (χ2n) is 7.62. The van der Waals surface area contributed by atoms with Crippen molar-refractivity contribution in [2.75, 3.05) is 18.9 Å². The van der Waals surface area contributed by atoms with Crippen molar-refractivity contribution in [3.8, 4) is 0 Å². The molecule has 2 N–H and O–H groups in total. The number of nitrogens with two attached hydrogens (primary N) is 1. The number of pyridine rings is 1. The largest absolute Gasteiger partial charge is 0.382 e. The molecule has 0 aliphatic carbocycles. The van der Waals surface area contributed by atoms with Crippen LogP contribution in [0, 0.1) is 0 Å². The summed E-state index contributed by atoms with van der Waals surface area (Å²) in [7, 11) is 0. The molecule has 3 aromatic rings. The van der Waals surface area contributed by atoms with Gasteiger partial charge in [0, 0.05) is 18.4 Å². The number of nitrogens with zero attached hydrogens (tertiary/aromatic N) is 3. The Morgan fingerprint density at radius 1 is 1.26 bits per heavy atom. The summed E-state index contributed by atoms with van der Waals surface area (Å²) in [6, 6.07) is 6.39. The first-order valence-corrected chi connectivity index (χ1v) is 9.83. The smallest absolute Gasteiger partial charge is 0.165 e. The zero-order valence-electron chi connectivity index (χ0n) is 16.4. The number of hydrogen-bond donors (Lipinski definition) is 1. The van der Waals surface area contributed by atoms with Crippen molar-refractivity contribution >= 4 is 27.8 Å². The van der Waals surface area contributed by atoms with Crippen LogP contribution in [0.4, 0.5) is 5.82 Å². The molecule has 27 heavy (non-hydrogen) atoms. The van der Waals surface area contributed by atoms with Crippen LogP contribution < -0.4 is 5.73 Å². The maximum atomic E-state index is 6.27. The Morgan fingerprint density at radius 3 is 2.78 bits per heavy atom. The lowest BCUT2D eigenvalue weighted by Crippen LogP contribution is -2.25. The molecule has 1 atom stereocenters. The van der Waals surface area contributed by atoms with E-state index in [1.165, 1.54) is 5.56 Å². The fourth-order valence-electron chi connectivity index (χ4n) is 3.96. The molecule has 1 aromatic carbocycles. The van der Waals surface area contributed by atoms with Gasteiger partial charge in [-0.2, -0.15) is 0 Å². The normalized spacial score (nSPS) is 17.7. The predicted molar refractivity (Wildman–Crippen MR) is 108 cm³/mol. The minimum Gasteiger partial charge on any atom is -0.382 e. The highest BCUT2D eigenvalue weighted by Gasteiger charge is 2.30. The average Bonchev–Trinajstić information content (AvgIpc) is 3.28. The van der Waals surface area contributed by atoms with Crippen LogP contribution in [0.15, 0.2) is 24.5 Å². The van der Waals surface area contributed by atoms with Gasteiger partial charge >= 0.3 is 0 Å². The predicted octanol–water partition coefficient (Wildman–Crippen LogP) is 4.22. The van der Waals surface area contributed by atoms with Gasteiger partial charge in [0.05, 0.1) is 30.6 Å². The molecule has 2 aromatic heterocycles. The molecule has 0 spiro atoms. The van der Waals surface area contributed by atoms with Gasteiger partial charge in [-0.15, -0.1) is 0 Å². The van der Waals surface area contributed by atoms with Gasteiger partial charge in [-0.25, -0.2) is 9.97 Å². The van der Waals surface area contributed by atoms with Crippen molar-refractivity contribution in [2.24, 2.45) is 0 Å². The number of aryl methyl sites for hydroxylation is 1. The average molecular weight is 368 g/mol. The summed E-state index contributed by atoms with van der Waals surface area (Å²) in [5.41, 5.74) is 10.4. The Morgan fingerprint density at radius 2 is 2.04 bits per heavy atom. The number of fused-ring (bicyclic) bond motifs is 3. The van der Waals surface area contributed by atoms with Crippen molar-refractivity contribution < 1.29 is 9.47 Å². The van der Waals surface area contributed by atoms with Crippen molar-refractivity contribution in [3.05, 3.63) is 30.1 Å². The van der Waals surface area contributed by atoms with E-state index in [1.54, 1.807) is 0 Å². The number of nitrogen functional groups attached to an aromatic ring is 1. The number of hydrogen-bond acceptors (Lipinski definition) is 5. The van der Waals surface area contributed by atoms with Crippen LogP contribution in [-0.4, -0.2) is 33.5 Å². The van der Waals surface area contributed by atoms with E-state index in [4.69, 9.17) is 20.2 Å². The fraction of sp³-hybridized carbons (Fsp3) is 0.524. The topological polar surface area (TPSA) is 75.2 Å². The standard InChI is InChI=1S/C21H28N4O2/c1-4-14(2)15-7-5-8-16-17(15)24-20(22)18-19(16)25(13-23-18)10-6-9-21(3)26-11-12-27-21/h5,7-8,13-14H,4,6,9-12H2,1-3H3,(H2,22,24). The van der Waals surface area contributed by atoms with Gasteiger partial charge in [0.25, 0.3) is 0 Å². The van der Waals surface area contributed by atoms with Crippen LogP contribution in [0.25, 0.3) is 21.9 Å². The second-order valence-corrected chi connectivity index (χ2v) is 7.62. The highest BCUT2D eigenvalue weighted by atomic mass is 16.7. The quantitative estimate of drug-likeness (QED) is 0.705. The zero-order chi connectivity index (χ0) is 19.0. The lowest BCUT2D eigenvalue weighted by molar-refractivity contribution is -0.147. The number of aromatic nitrogens is 3.